The lowest BCUT2D eigenvalue weighted by molar-refractivity contribution is -0.141. The number of H-pyrrole nitrogens is 1. The van der Waals surface area contributed by atoms with Crippen LogP contribution >= 0.6 is 0 Å². The number of ether oxygens (including phenoxy) is 4. The SMILES string of the molecule is CCOC(=O)C1=C(C=O)C2=C3CC(CO)C(=O)C(C3)c3cc4cc[nH]c4cc3CCC(CO)COc3c2c(c(CO)c2c3C3C=CCC(C)(O)C3O2)O1. The van der Waals surface area contributed by atoms with Gasteiger partial charge in [-0.2, -0.15) is 0 Å². The quantitative estimate of drug-likeness (QED) is 0.140. The number of allylic oxidation sites excluding steroid dienone is 3. The van der Waals surface area contributed by atoms with E-state index in [0.29, 0.717) is 47.8 Å². The zero-order valence-electron chi connectivity index (χ0n) is 29.6. The van der Waals surface area contributed by atoms with Gasteiger partial charge in [0.25, 0.3) is 0 Å². The van der Waals surface area contributed by atoms with Crippen LogP contribution in [0.5, 0.6) is 17.2 Å². The summed E-state index contributed by atoms with van der Waals surface area (Å²) in [5.74, 6) is -3.32. The molecule has 12 heteroatoms. The number of benzene rings is 2. The van der Waals surface area contributed by atoms with Crippen LogP contribution in [0.3, 0.4) is 0 Å². The van der Waals surface area contributed by atoms with Crippen molar-refractivity contribution in [1.29, 1.82) is 0 Å². The molecule has 4 heterocycles. The minimum Gasteiger partial charge on any atom is -0.492 e. The number of Topliss-reactive ketones (excluding diaryl/α,β-unsaturated/α-hetero) is 1. The Morgan fingerprint density at radius 1 is 1.13 bits per heavy atom. The molecule has 1 saturated carbocycles. The highest BCUT2D eigenvalue weighted by atomic mass is 16.6. The Morgan fingerprint density at radius 2 is 1.96 bits per heavy atom. The zero-order chi connectivity index (χ0) is 37.2. The number of aliphatic hydroxyl groups excluding tert-OH is 3. The first-order valence-corrected chi connectivity index (χ1v) is 18.3. The molecule has 0 spiro atoms. The fourth-order valence-corrected chi connectivity index (χ4v) is 8.92. The number of hydrogen-bond acceptors (Lipinski definition) is 11. The minimum absolute atomic E-state index is 0.00793. The molecular weight excluding hydrogens is 682 g/mol. The van der Waals surface area contributed by atoms with Crippen LogP contribution in [0.25, 0.3) is 16.5 Å². The molecule has 5 N–H and O–H groups in total. The van der Waals surface area contributed by atoms with Crippen LogP contribution < -0.4 is 14.2 Å². The third kappa shape index (κ3) is 5.62. The van der Waals surface area contributed by atoms with E-state index in [2.05, 4.69) is 4.98 Å². The number of aromatic amines is 1. The van der Waals surface area contributed by atoms with Crippen LogP contribution in [0, 0.1) is 11.8 Å². The zero-order valence-corrected chi connectivity index (χ0v) is 29.6. The molecule has 1 aromatic heterocycles. The number of esters is 1. The second-order valence-electron chi connectivity index (χ2n) is 14.9. The molecule has 278 valence electrons. The highest BCUT2D eigenvalue weighted by Crippen LogP contribution is 2.60. The molecule has 3 aliphatic heterocycles. The van der Waals surface area contributed by atoms with Gasteiger partial charge in [0.1, 0.15) is 34.7 Å². The summed E-state index contributed by atoms with van der Waals surface area (Å²) in [4.78, 5) is 44.5. The maximum absolute atomic E-state index is 14.3. The molecule has 1 fully saturated rings. The van der Waals surface area contributed by atoms with E-state index in [-0.39, 0.29) is 78.5 Å². The van der Waals surface area contributed by atoms with Gasteiger partial charge in [0.05, 0.1) is 43.1 Å². The molecule has 8 rings (SSSR count). The van der Waals surface area contributed by atoms with Crippen molar-refractivity contribution in [3.63, 3.8) is 0 Å². The van der Waals surface area contributed by atoms with Crippen molar-refractivity contribution in [1.82, 2.24) is 4.98 Å². The van der Waals surface area contributed by atoms with E-state index in [0.717, 1.165) is 22.0 Å². The Labute approximate surface area is 305 Å². The lowest BCUT2D eigenvalue weighted by Crippen LogP contribution is -2.45. The summed E-state index contributed by atoms with van der Waals surface area (Å²) in [6.45, 7) is 2.10. The van der Waals surface area contributed by atoms with Gasteiger partial charge in [-0.1, -0.05) is 17.7 Å². The summed E-state index contributed by atoms with van der Waals surface area (Å²) in [7, 11) is 0. The van der Waals surface area contributed by atoms with Gasteiger partial charge in [0.15, 0.2) is 6.29 Å². The number of carbonyl (C=O) groups excluding carboxylic acids is 3. The Kier molecular flexibility index (Phi) is 9.05. The normalized spacial score (nSPS) is 27.6. The van der Waals surface area contributed by atoms with E-state index in [9.17, 15) is 34.8 Å². The number of aryl methyl sites for hydroxylation is 1. The standard InChI is InChI=1S/C41H43NO11/c1-3-50-40(48)37-28(17-45)31-23-11-24(16-44)34(47)27(13-23)26-12-22-8-10-42-30(22)14-21(26)7-6-20(15-43)19-51-38-32-25-5-4-9-41(2,49)39(25)53-35(32)29(18-46)36(52-37)33(31)38/h4-5,8,10,12,14,17,20,24-25,27,39,42-44,46,49H,3,6-7,9,11,13,15-16,18-19H2,1-2H3. The summed E-state index contributed by atoms with van der Waals surface area (Å²) < 4.78 is 25.0. The predicted molar refractivity (Wildman–Crippen MR) is 191 cm³/mol. The third-order valence-electron chi connectivity index (χ3n) is 11.6. The van der Waals surface area contributed by atoms with Crippen LogP contribution in [0.1, 0.15) is 79.2 Å². The Hall–Kier alpha value is -4.75. The van der Waals surface area contributed by atoms with E-state index in [1.165, 1.54) is 0 Å². The third-order valence-corrected chi connectivity index (χ3v) is 11.6. The maximum Gasteiger partial charge on any atom is 0.375 e. The monoisotopic (exact) mass is 725 g/mol. The van der Waals surface area contributed by atoms with E-state index >= 15 is 0 Å². The fourth-order valence-electron chi connectivity index (χ4n) is 8.92. The van der Waals surface area contributed by atoms with E-state index in [1.807, 2.05) is 36.5 Å². The molecule has 2 aliphatic carbocycles. The van der Waals surface area contributed by atoms with Crippen molar-refractivity contribution in [2.45, 2.75) is 76.1 Å². The van der Waals surface area contributed by atoms with Gasteiger partial charge in [-0.05, 0) is 80.7 Å². The predicted octanol–water partition coefficient (Wildman–Crippen LogP) is 4.07. The van der Waals surface area contributed by atoms with Gasteiger partial charge in [0.2, 0.25) is 5.76 Å². The minimum atomic E-state index is -1.29. The molecule has 5 aliphatic rings. The summed E-state index contributed by atoms with van der Waals surface area (Å²) in [6.07, 6.45) is 6.99. The number of aliphatic hydroxyl groups is 4. The van der Waals surface area contributed by atoms with Crippen molar-refractivity contribution in [3.05, 3.63) is 81.3 Å². The van der Waals surface area contributed by atoms with Crippen LogP contribution in [-0.2, 0) is 32.1 Å². The molecule has 2 aromatic carbocycles. The highest BCUT2D eigenvalue weighted by molar-refractivity contribution is 6.11. The average Bonchev–Trinajstić information content (AvgIpc) is 3.78. The maximum atomic E-state index is 14.3. The van der Waals surface area contributed by atoms with Crippen molar-refractivity contribution in [2.75, 3.05) is 26.4 Å². The first-order chi connectivity index (χ1) is 25.6. The van der Waals surface area contributed by atoms with Crippen LogP contribution in [-0.4, -0.2) is 81.6 Å². The van der Waals surface area contributed by atoms with Gasteiger partial charge < -0.3 is 44.4 Å². The van der Waals surface area contributed by atoms with Crippen molar-refractivity contribution in [2.24, 2.45) is 11.8 Å². The van der Waals surface area contributed by atoms with Gasteiger partial charge in [-0.3, -0.25) is 9.59 Å². The molecule has 0 saturated heterocycles. The van der Waals surface area contributed by atoms with Crippen molar-refractivity contribution in [3.8, 4) is 17.2 Å². The van der Waals surface area contributed by atoms with Gasteiger partial charge in [-0.15, -0.1) is 0 Å². The number of aromatic nitrogens is 1. The number of carbonyl (C=O) groups is 3. The molecular formula is C41H43NO11. The summed E-state index contributed by atoms with van der Waals surface area (Å²) >= 11 is 0. The largest absolute Gasteiger partial charge is 0.492 e. The molecule has 12 nitrogen and oxygen atoms in total. The van der Waals surface area contributed by atoms with Gasteiger partial charge in [0, 0.05) is 53.1 Å². The van der Waals surface area contributed by atoms with Crippen molar-refractivity contribution >= 4 is 34.5 Å². The number of ketones is 1. The molecule has 0 radical (unpaired) electrons. The summed E-state index contributed by atoms with van der Waals surface area (Å²) in [5, 5.41) is 44.8. The topological polar surface area (TPSA) is 185 Å². The average molecular weight is 726 g/mol. The van der Waals surface area contributed by atoms with Crippen LogP contribution in [0.2, 0.25) is 0 Å². The molecule has 2 bridgehead atoms. The number of aldehydes is 1. The highest BCUT2D eigenvalue weighted by Gasteiger charge is 2.51. The number of hydrogen-bond donors (Lipinski definition) is 5. The Bertz CT molecular complexity index is 2120. The van der Waals surface area contributed by atoms with Crippen LogP contribution in [0.15, 0.2) is 53.5 Å². The first-order valence-electron chi connectivity index (χ1n) is 18.3. The lowest BCUT2D eigenvalue weighted by atomic mass is 9.70. The first kappa shape index (κ1) is 35.3. The summed E-state index contributed by atoms with van der Waals surface area (Å²) in [5.41, 5.74) is 3.14. The summed E-state index contributed by atoms with van der Waals surface area (Å²) in [6, 6.07) is 5.95. The Morgan fingerprint density at radius 3 is 2.70 bits per heavy atom. The molecule has 0 amide bonds. The molecule has 6 atom stereocenters. The van der Waals surface area contributed by atoms with Crippen LogP contribution in [0.4, 0.5) is 0 Å². The second kappa shape index (κ2) is 13.6. The Balaban J connectivity index is 1.47. The van der Waals surface area contributed by atoms with Gasteiger partial charge in [-0.25, -0.2) is 4.79 Å². The smallest absolute Gasteiger partial charge is 0.375 e. The number of fused-ring (bicyclic) bond motifs is 9. The number of rotatable bonds is 6. The van der Waals surface area contributed by atoms with E-state index in [4.69, 9.17) is 18.9 Å². The van der Waals surface area contributed by atoms with Gasteiger partial charge >= 0.3 is 5.97 Å². The molecule has 53 heavy (non-hydrogen) atoms. The van der Waals surface area contributed by atoms with E-state index in [1.54, 1.807) is 13.8 Å². The lowest BCUT2D eigenvalue weighted by Gasteiger charge is -2.35. The second-order valence-corrected chi connectivity index (χ2v) is 14.9. The van der Waals surface area contributed by atoms with Crippen molar-refractivity contribution < 1.29 is 53.8 Å². The molecule has 3 aromatic rings. The molecule has 6 unspecified atom stereocenters. The number of nitrogens with one attached hydrogen (secondary N) is 1. The fraction of sp³-hybridized carbons (Fsp3) is 0.439. The van der Waals surface area contributed by atoms with E-state index < -0.39 is 48.6 Å².